The monoisotopic (exact) mass is 540 g/mol. The molecule has 0 saturated carbocycles. The first-order chi connectivity index (χ1) is 19.4. The molecule has 40 heavy (non-hydrogen) atoms. The molecule has 1 fully saturated rings. The van der Waals surface area contributed by atoms with Gasteiger partial charge in [-0.05, 0) is 45.0 Å². The fourth-order valence-electron chi connectivity index (χ4n) is 5.53. The largest absolute Gasteiger partial charge is 0.366 e. The molecule has 4 aromatic rings. The van der Waals surface area contributed by atoms with Gasteiger partial charge in [0.15, 0.2) is 5.65 Å². The number of anilines is 1. The van der Waals surface area contributed by atoms with E-state index in [1.807, 2.05) is 47.5 Å². The van der Waals surface area contributed by atoms with Crippen molar-refractivity contribution >= 4 is 23.3 Å². The lowest BCUT2D eigenvalue weighted by atomic mass is 9.94. The van der Waals surface area contributed by atoms with Crippen LogP contribution in [0.4, 0.5) is 5.82 Å². The smallest absolute Gasteiger partial charge is 0.249 e. The van der Waals surface area contributed by atoms with Crippen molar-refractivity contribution in [2.24, 2.45) is 5.73 Å². The summed E-state index contributed by atoms with van der Waals surface area (Å²) in [5.41, 5.74) is 10.8. The second-order valence-electron chi connectivity index (χ2n) is 10.1. The highest BCUT2D eigenvalue weighted by Crippen LogP contribution is 2.35. The van der Waals surface area contributed by atoms with Crippen LogP contribution in [0.5, 0.6) is 0 Å². The van der Waals surface area contributed by atoms with Crippen molar-refractivity contribution in [1.29, 1.82) is 0 Å². The molecule has 0 spiro atoms. The molecule has 208 valence electrons. The molecular formula is C30H36N8O2. The lowest BCUT2D eigenvalue weighted by molar-refractivity contribution is -0.123. The predicted molar refractivity (Wildman–Crippen MR) is 156 cm³/mol. The molecule has 1 aliphatic rings. The van der Waals surface area contributed by atoms with Gasteiger partial charge in [0.05, 0.1) is 23.1 Å². The molecule has 3 N–H and O–H groups in total. The third kappa shape index (κ3) is 5.02. The first kappa shape index (κ1) is 27.3. The number of rotatable bonds is 10. The van der Waals surface area contributed by atoms with E-state index in [0.717, 1.165) is 29.9 Å². The topological polar surface area (TPSA) is 122 Å². The third-order valence-electron chi connectivity index (χ3n) is 7.86. The number of nitrogens with zero attached hydrogens (tertiary/aromatic N) is 6. The number of likely N-dealkylation sites (N-methyl/N-ethyl adjacent to an activating group) is 2. The SMILES string of the molecule is CCN(CC)[C@@H](C)Cc1c(C(N)=O)cc(-c2cnn3ccc(-c4ccccc4)nc23)nc1N1CC[C@H]1C(=O)NC. The molecule has 10 nitrogen and oxygen atoms in total. The van der Waals surface area contributed by atoms with Crippen LogP contribution in [-0.4, -0.2) is 75.1 Å². The van der Waals surface area contributed by atoms with Crippen molar-refractivity contribution in [3.05, 3.63) is 66.0 Å². The van der Waals surface area contributed by atoms with Gasteiger partial charge in [0.1, 0.15) is 11.9 Å². The van der Waals surface area contributed by atoms with Gasteiger partial charge in [-0.3, -0.25) is 9.59 Å². The molecule has 0 unspecified atom stereocenters. The molecule has 1 aromatic carbocycles. The van der Waals surface area contributed by atoms with Crippen LogP contribution in [0.15, 0.2) is 54.9 Å². The minimum absolute atomic E-state index is 0.0769. The molecule has 10 heteroatoms. The number of carbonyl (C=O) groups excluding carboxylic acids is 2. The Morgan fingerprint density at radius 1 is 1.12 bits per heavy atom. The first-order valence-corrected chi connectivity index (χ1v) is 13.8. The van der Waals surface area contributed by atoms with Crippen LogP contribution in [0.1, 0.15) is 43.1 Å². The number of pyridine rings is 1. The maximum absolute atomic E-state index is 12.9. The molecule has 1 aliphatic heterocycles. The number of primary amides is 1. The Labute approximate surface area is 234 Å². The first-order valence-electron chi connectivity index (χ1n) is 13.8. The van der Waals surface area contributed by atoms with E-state index in [4.69, 9.17) is 15.7 Å². The highest BCUT2D eigenvalue weighted by atomic mass is 16.2. The van der Waals surface area contributed by atoms with E-state index >= 15 is 0 Å². The maximum atomic E-state index is 12.9. The second-order valence-corrected chi connectivity index (χ2v) is 10.1. The number of benzene rings is 1. The molecular weight excluding hydrogens is 504 g/mol. The van der Waals surface area contributed by atoms with Crippen molar-refractivity contribution in [3.8, 4) is 22.5 Å². The number of carbonyl (C=O) groups is 2. The number of hydrogen-bond acceptors (Lipinski definition) is 7. The fraction of sp³-hybridized carbons (Fsp3) is 0.367. The summed E-state index contributed by atoms with van der Waals surface area (Å²) in [4.78, 5) is 39.9. The summed E-state index contributed by atoms with van der Waals surface area (Å²) in [6.45, 7) is 8.80. The van der Waals surface area contributed by atoms with Gasteiger partial charge in [0, 0.05) is 42.5 Å². The fourth-order valence-corrected chi connectivity index (χ4v) is 5.53. The highest BCUT2D eigenvalue weighted by Gasteiger charge is 2.37. The third-order valence-corrected chi connectivity index (χ3v) is 7.86. The maximum Gasteiger partial charge on any atom is 0.249 e. The zero-order valence-electron chi connectivity index (χ0n) is 23.5. The van der Waals surface area contributed by atoms with Crippen molar-refractivity contribution in [2.75, 3.05) is 31.6 Å². The molecule has 0 bridgehead atoms. The van der Waals surface area contributed by atoms with Gasteiger partial charge >= 0.3 is 0 Å². The van der Waals surface area contributed by atoms with E-state index in [9.17, 15) is 9.59 Å². The lowest BCUT2D eigenvalue weighted by Crippen LogP contribution is -2.56. The van der Waals surface area contributed by atoms with Gasteiger partial charge in [-0.1, -0.05) is 44.2 Å². The quantitative estimate of drug-likeness (QED) is 0.317. The molecule has 0 radical (unpaired) electrons. The van der Waals surface area contributed by atoms with Gasteiger partial charge in [0.25, 0.3) is 0 Å². The Morgan fingerprint density at radius 3 is 2.50 bits per heavy atom. The van der Waals surface area contributed by atoms with E-state index in [-0.39, 0.29) is 18.0 Å². The number of fused-ring (bicyclic) bond motifs is 1. The van der Waals surface area contributed by atoms with Crippen LogP contribution >= 0.6 is 0 Å². The number of amides is 2. The van der Waals surface area contributed by atoms with Crippen molar-refractivity contribution in [2.45, 2.75) is 45.7 Å². The van der Waals surface area contributed by atoms with Crippen molar-refractivity contribution < 1.29 is 9.59 Å². The summed E-state index contributed by atoms with van der Waals surface area (Å²) in [6.07, 6.45) is 4.85. The molecule has 2 amide bonds. The molecule has 5 rings (SSSR count). The molecule has 4 heterocycles. The van der Waals surface area contributed by atoms with Crippen LogP contribution in [0.3, 0.4) is 0 Å². The van der Waals surface area contributed by atoms with Crippen LogP contribution in [0, 0.1) is 0 Å². The minimum atomic E-state index is -0.530. The average molecular weight is 541 g/mol. The van der Waals surface area contributed by atoms with Crippen LogP contribution in [-0.2, 0) is 11.2 Å². The van der Waals surface area contributed by atoms with Gasteiger partial charge in [0.2, 0.25) is 11.8 Å². The van der Waals surface area contributed by atoms with Crippen LogP contribution in [0.2, 0.25) is 0 Å². The minimum Gasteiger partial charge on any atom is -0.366 e. The van der Waals surface area contributed by atoms with Gasteiger partial charge in [-0.25, -0.2) is 14.5 Å². The van der Waals surface area contributed by atoms with Gasteiger partial charge < -0.3 is 20.9 Å². The molecule has 1 saturated heterocycles. The molecule has 0 aliphatic carbocycles. The normalized spacial score (nSPS) is 15.7. The molecule has 3 aromatic heterocycles. The summed E-state index contributed by atoms with van der Waals surface area (Å²) in [5, 5.41) is 7.26. The van der Waals surface area contributed by atoms with E-state index in [1.54, 1.807) is 23.8 Å². The van der Waals surface area contributed by atoms with Gasteiger partial charge in [-0.15, -0.1) is 0 Å². The average Bonchev–Trinajstić information content (AvgIpc) is 3.37. The summed E-state index contributed by atoms with van der Waals surface area (Å²) < 4.78 is 1.69. The number of nitrogens with one attached hydrogen (secondary N) is 1. The summed E-state index contributed by atoms with van der Waals surface area (Å²) in [6, 6.07) is 13.4. The lowest BCUT2D eigenvalue weighted by Gasteiger charge is -2.42. The summed E-state index contributed by atoms with van der Waals surface area (Å²) >= 11 is 0. The Kier molecular flexibility index (Phi) is 7.79. The van der Waals surface area contributed by atoms with E-state index in [1.165, 1.54) is 0 Å². The molecule has 2 atom stereocenters. The zero-order chi connectivity index (χ0) is 28.4. The second kappa shape index (κ2) is 11.4. The Hall–Kier alpha value is -4.31. The van der Waals surface area contributed by atoms with Crippen LogP contribution in [0.25, 0.3) is 28.2 Å². The Bertz CT molecular complexity index is 1530. The van der Waals surface area contributed by atoms with Crippen LogP contribution < -0.4 is 16.0 Å². The van der Waals surface area contributed by atoms with E-state index in [2.05, 4.69) is 36.1 Å². The number of hydrogen-bond donors (Lipinski definition) is 2. The Morgan fingerprint density at radius 2 is 1.88 bits per heavy atom. The zero-order valence-corrected chi connectivity index (χ0v) is 23.5. The number of aromatic nitrogens is 4. The summed E-state index contributed by atoms with van der Waals surface area (Å²) in [7, 11) is 1.63. The van der Waals surface area contributed by atoms with E-state index < -0.39 is 5.91 Å². The highest BCUT2D eigenvalue weighted by molar-refractivity contribution is 5.98. The van der Waals surface area contributed by atoms with Gasteiger partial charge in [-0.2, -0.15) is 5.10 Å². The van der Waals surface area contributed by atoms with E-state index in [0.29, 0.717) is 47.7 Å². The van der Waals surface area contributed by atoms with Crippen molar-refractivity contribution in [1.82, 2.24) is 29.8 Å². The number of nitrogens with two attached hydrogens (primary N) is 1. The standard InChI is InChI=1S/C30H36N8O2/c1-5-36(6-2)19(3)16-22-21(27(31)39)17-25(35-28(22)37-14-13-26(37)30(40)32-4)23-18-33-38-15-12-24(34-29(23)38)20-10-8-7-9-11-20/h7-12,15,17-19,26H,5-6,13-14,16H2,1-4H3,(H2,31,39)(H,32,40)/t19-,26-/m0/s1. The van der Waals surface area contributed by atoms with Crippen molar-refractivity contribution in [3.63, 3.8) is 0 Å². The Balaban J connectivity index is 1.67. The summed E-state index contributed by atoms with van der Waals surface area (Å²) in [5.74, 6) is 0.00811. The predicted octanol–water partition coefficient (Wildman–Crippen LogP) is 3.15.